The number of ether oxygens (including phenoxy) is 3. The number of pyridine rings is 1. The van der Waals surface area contributed by atoms with Crippen molar-refractivity contribution in [2.75, 3.05) is 33.9 Å². The highest BCUT2D eigenvalue weighted by Gasteiger charge is 2.25. The van der Waals surface area contributed by atoms with Gasteiger partial charge < -0.3 is 28.8 Å². The van der Waals surface area contributed by atoms with Crippen LogP contribution in [0.5, 0.6) is 17.2 Å². The SMILES string of the molecule is CCN(CC)CCCC(C)NC(=O)CC(c1cc(OC)cc(OC)c1)c1cnc2c(OCc3ccccc3)cccn12. The van der Waals surface area contributed by atoms with Crippen LogP contribution >= 0.6 is 0 Å². The Labute approximate surface area is 249 Å². The average Bonchev–Trinajstić information content (AvgIpc) is 3.45. The van der Waals surface area contributed by atoms with E-state index in [1.165, 1.54) is 0 Å². The van der Waals surface area contributed by atoms with Crippen molar-refractivity contribution >= 4 is 11.6 Å². The van der Waals surface area contributed by atoms with Crippen LogP contribution in [0.15, 0.2) is 73.1 Å². The Bertz CT molecular complexity index is 1400. The number of imidazole rings is 1. The number of nitrogens with one attached hydrogen (secondary N) is 1. The topological polar surface area (TPSA) is 77.3 Å². The highest BCUT2D eigenvalue weighted by atomic mass is 16.5. The van der Waals surface area contributed by atoms with Gasteiger partial charge in [0.1, 0.15) is 18.1 Å². The van der Waals surface area contributed by atoms with Gasteiger partial charge in [0, 0.05) is 36.8 Å². The van der Waals surface area contributed by atoms with E-state index >= 15 is 0 Å². The van der Waals surface area contributed by atoms with E-state index in [4.69, 9.17) is 19.2 Å². The molecule has 1 N–H and O–H groups in total. The number of hydrogen-bond acceptors (Lipinski definition) is 6. The molecule has 0 spiro atoms. The Morgan fingerprint density at radius 2 is 1.71 bits per heavy atom. The first-order valence-corrected chi connectivity index (χ1v) is 14.8. The highest BCUT2D eigenvalue weighted by Crippen LogP contribution is 2.35. The molecule has 4 aromatic rings. The number of hydrogen-bond donors (Lipinski definition) is 1. The van der Waals surface area contributed by atoms with Crippen molar-refractivity contribution in [1.29, 1.82) is 0 Å². The minimum atomic E-state index is -0.295. The van der Waals surface area contributed by atoms with E-state index in [9.17, 15) is 4.79 Å². The van der Waals surface area contributed by atoms with Crippen molar-refractivity contribution in [2.24, 2.45) is 0 Å². The predicted octanol–water partition coefficient (Wildman–Crippen LogP) is 6.08. The lowest BCUT2D eigenvalue weighted by Gasteiger charge is -2.22. The molecule has 0 radical (unpaired) electrons. The quantitative estimate of drug-likeness (QED) is 0.175. The fourth-order valence-corrected chi connectivity index (χ4v) is 5.29. The normalized spacial score (nSPS) is 12.7. The van der Waals surface area contributed by atoms with E-state index < -0.39 is 0 Å². The van der Waals surface area contributed by atoms with Crippen LogP contribution in [0.3, 0.4) is 0 Å². The molecule has 0 fully saturated rings. The first kappa shape index (κ1) is 30.9. The van der Waals surface area contributed by atoms with E-state index in [2.05, 4.69) is 31.0 Å². The number of fused-ring (bicyclic) bond motifs is 1. The van der Waals surface area contributed by atoms with Gasteiger partial charge >= 0.3 is 0 Å². The molecule has 2 unspecified atom stereocenters. The summed E-state index contributed by atoms with van der Waals surface area (Å²) in [6, 6.07) is 19.8. The van der Waals surface area contributed by atoms with E-state index in [1.807, 2.05) is 77.5 Å². The maximum Gasteiger partial charge on any atom is 0.221 e. The summed E-state index contributed by atoms with van der Waals surface area (Å²) in [7, 11) is 3.26. The number of carbonyl (C=O) groups excluding carboxylic acids is 1. The second-order valence-corrected chi connectivity index (χ2v) is 10.6. The maximum atomic E-state index is 13.5. The zero-order valence-electron chi connectivity index (χ0n) is 25.5. The van der Waals surface area contributed by atoms with E-state index in [1.54, 1.807) is 14.2 Å². The molecule has 4 rings (SSSR count). The number of carbonyl (C=O) groups is 1. The lowest BCUT2D eigenvalue weighted by Crippen LogP contribution is -2.34. The first-order chi connectivity index (χ1) is 20.4. The minimum absolute atomic E-state index is 0.0106. The number of methoxy groups -OCH3 is 2. The second kappa shape index (κ2) is 15.3. The summed E-state index contributed by atoms with van der Waals surface area (Å²) >= 11 is 0. The van der Waals surface area contributed by atoms with Gasteiger partial charge in [0.05, 0.1) is 19.9 Å². The monoisotopic (exact) mass is 572 g/mol. The molecule has 0 aliphatic heterocycles. The maximum absolute atomic E-state index is 13.5. The lowest BCUT2D eigenvalue weighted by atomic mass is 9.91. The third kappa shape index (κ3) is 8.03. The zero-order valence-corrected chi connectivity index (χ0v) is 25.5. The van der Waals surface area contributed by atoms with E-state index in [0.717, 1.165) is 49.3 Å². The van der Waals surface area contributed by atoms with Crippen LogP contribution in [0, 0.1) is 0 Å². The van der Waals surface area contributed by atoms with Crippen LogP contribution in [0.1, 0.15) is 62.8 Å². The van der Waals surface area contributed by atoms with Gasteiger partial charge in [-0.3, -0.25) is 4.79 Å². The highest BCUT2D eigenvalue weighted by molar-refractivity contribution is 5.78. The van der Waals surface area contributed by atoms with Gasteiger partial charge in [-0.2, -0.15) is 0 Å². The number of amides is 1. The molecule has 0 aliphatic rings. The van der Waals surface area contributed by atoms with Gasteiger partial charge in [-0.1, -0.05) is 44.2 Å². The summed E-state index contributed by atoms with van der Waals surface area (Å²) in [4.78, 5) is 20.6. The number of benzene rings is 2. The lowest BCUT2D eigenvalue weighted by molar-refractivity contribution is -0.122. The summed E-state index contributed by atoms with van der Waals surface area (Å²) in [5.74, 6) is 1.71. The Kier molecular flexibility index (Phi) is 11.2. The molecule has 2 atom stereocenters. The number of rotatable bonds is 16. The van der Waals surface area contributed by atoms with Gasteiger partial charge in [-0.25, -0.2) is 4.98 Å². The van der Waals surface area contributed by atoms with Crippen molar-refractivity contribution in [3.05, 3.63) is 89.9 Å². The van der Waals surface area contributed by atoms with Gasteiger partial charge in [0.2, 0.25) is 5.91 Å². The van der Waals surface area contributed by atoms with Crippen molar-refractivity contribution in [1.82, 2.24) is 19.6 Å². The fourth-order valence-electron chi connectivity index (χ4n) is 5.29. The molecule has 2 aromatic carbocycles. The van der Waals surface area contributed by atoms with Crippen molar-refractivity contribution < 1.29 is 19.0 Å². The average molecular weight is 573 g/mol. The molecule has 1 amide bonds. The second-order valence-electron chi connectivity index (χ2n) is 10.6. The summed E-state index contributed by atoms with van der Waals surface area (Å²) in [6.45, 7) is 10.0. The van der Waals surface area contributed by atoms with E-state index in [0.29, 0.717) is 29.5 Å². The number of aromatic nitrogens is 2. The van der Waals surface area contributed by atoms with Gasteiger partial charge in [-0.15, -0.1) is 0 Å². The van der Waals surface area contributed by atoms with Crippen LogP contribution in [0.2, 0.25) is 0 Å². The molecule has 0 bridgehead atoms. The Morgan fingerprint density at radius 1 is 1.00 bits per heavy atom. The molecule has 0 saturated heterocycles. The molecular weight excluding hydrogens is 528 g/mol. The molecule has 42 heavy (non-hydrogen) atoms. The molecule has 2 heterocycles. The largest absolute Gasteiger partial charge is 0.497 e. The Balaban J connectivity index is 1.59. The van der Waals surface area contributed by atoms with Crippen LogP contribution in [-0.4, -0.2) is 60.1 Å². The zero-order chi connectivity index (χ0) is 29.9. The van der Waals surface area contributed by atoms with Crippen LogP contribution in [0.4, 0.5) is 0 Å². The minimum Gasteiger partial charge on any atom is -0.497 e. The van der Waals surface area contributed by atoms with Crippen LogP contribution < -0.4 is 19.5 Å². The van der Waals surface area contributed by atoms with Gasteiger partial charge in [0.25, 0.3) is 0 Å². The van der Waals surface area contributed by atoms with Crippen molar-refractivity contribution in [3.8, 4) is 17.2 Å². The molecular formula is C34H44N4O4. The van der Waals surface area contributed by atoms with Crippen molar-refractivity contribution in [2.45, 2.75) is 58.6 Å². The van der Waals surface area contributed by atoms with Gasteiger partial charge in [-0.05, 0) is 74.8 Å². The number of nitrogens with zero attached hydrogens (tertiary/aromatic N) is 3. The Hall–Kier alpha value is -4.04. The molecule has 224 valence electrons. The third-order valence-corrected chi connectivity index (χ3v) is 7.70. The molecule has 0 aliphatic carbocycles. The third-order valence-electron chi connectivity index (χ3n) is 7.70. The van der Waals surface area contributed by atoms with E-state index in [-0.39, 0.29) is 24.3 Å². The summed E-state index contributed by atoms with van der Waals surface area (Å²) in [6.07, 6.45) is 6.02. The molecule has 8 heteroatoms. The summed E-state index contributed by atoms with van der Waals surface area (Å²) in [5.41, 5.74) is 3.58. The summed E-state index contributed by atoms with van der Waals surface area (Å²) < 4.78 is 19.3. The Morgan fingerprint density at radius 3 is 2.38 bits per heavy atom. The van der Waals surface area contributed by atoms with Crippen LogP contribution in [0.25, 0.3) is 5.65 Å². The van der Waals surface area contributed by atoms with Crippen molar-refractivity contribution in [3.63, 3.8) is 0 Å². The molecule has 2 aromatic heterocycles. The first-order valence-electron chi connectivity index (χ1n) is 14.8. The fraction of sp³-hybridized carbons (Fsp3) is 0.412. The smallest absolute Gasteiger partial charge is 0.221 e. The van der Waals surface area contributed by atoms with Gasteiger partial charge in [0.15, 0.2) is 11.4 Å². The van der Waals surface area contributed by atoms with Crippen LogP contribution in [-0.2, 0) is 11.4 Å². The summed E-state index contributed by atoms with van der Waals surface area (Å²) in [5, 5.41) is 3.23. The molecule has 8 nitrogen and oxygen atoms in total. The standard InChI is InChI=1S/C34H44N4O4/c1-6-37(7-2)17-11-13-25(3)36-33(39)22-30(27-19-28(40-4)21-29(20-27)41-5)31-23-35-34-32(16-12-18-38(31)34)42-24-26-14-9-8-10-15-26/h8-10,12,14-16,18-21,23,25,30H,6-7,11,13,17,22,24H2,1-5H3,(H,36,39). The molecule has 0 saturated carbocycles. The predicted molar refractivity (Wildman–Crippen MR) is 167 cm³/mol.